The molecule has 2 amide bonds. The van der Waals surface area contributed by atoms with Crippen LogP contribution in [0.3, 0.4) is 0 Å². The van der Waals surface area contributed by atoms with E-state index in [-0.39, 0.29) is 30.4 Å². The number of hydrogen-bond acceptors (Lipinski definition) is 4. The third-order valence-corrected chi connectivity index (χ3v) is 3.64. The molecule has 0 aromatic heterocycles. The molecule has 0 saturated heterocycles. The fourth-order valence-corrected chi connectivity index (χ4v) is 2.18. The van der Waals surface area contributed by atoms with Gasteiger partial charge in [0.05, 0.1) is 0 Å². The summed E-state index contributed by atoms with van der Waals surface area (Å²) in [6.07, 6.45) is 0. The van der Waals surface area contributed by atoms with Crippen LogP contribution in [0, 0.1) is 5.92 Å². The maximum atomic E-state index is 12.2. The van der Waals surface area contributed by atoms with Crippen LogP contribution >= 0.6 is 15.9 Å². The third kappa shape index (κ3) is 6.70. The Hall–Kier alpha value is -1.89. The van der Waals surface area contributed by atoms with Crippen LogP contribution in [0.2, 0.25) is 0 Å². The van der Waals surface area contributed by atoms with Crippen molar-refractivity contribution in [2.24, 2.45) is 5.92 Å². The van der Waals surface area contributed by atoms with Gasteiger partial charge in [0.15, 0.2) is 6.61 Å². The molecular weight excluding hydrogens is 376 g/mol. The minimum absolute atomic E-state index is 0.0331. The summed E-state index contributed by atoms with van der Waals surface area (Å²) in [5.74, 6) is -1.55. The summed E-state index contributed by atoms with van der Waals surface area (Å²) in [7, 11) is 0. The molecule has 132 valence electrons. The van der Waals surface area contributed by atoms with Crippen molar-refractivity contribution in [3.63, 3.8) is 0 Å². The first-order valence-corrected chi connectivity index (χ1v) is 8.52. The summed E-state index contributed by atoms with van der Waals surface area (Å²) in [6, 6.07) is 5.93. The molecule has 24 heavy (non-hydrogen) atoms. The lowest BCUT2D eigenvalue weighted by Gasteiger charge is -2.21. The van der Waals surface area contributed by atoms with Gasteiger partial charge in [0.25, 0.3) is 11.8 Å². The predicted octanol–water partition coefficient (Wildman–Crippen LogP) is 2.27. The molecule has 1 aromatic rings. The van der Waals surface area contributed by atoms with E-state index >= 15 is 0 Å². The maximum Gasteiger partial charge on any atom is 0.329 e. The summed E-state index contributed by atoms with van der Waals surface area (Å²) in [5.41, 5.74) is 0.439. The zero-order chi connectivity index (χ0) is 18.3. The van der Waals surface area contributed by atoms with Crippen molar-refractivity contribution >= 4 is 33.7 Å². The Morgan fingerprint density at radius 2 is 1.62 bits per heavy atom. The van der Waals surface area contributed by atoms with Gasteiger partial charge in [0.2, 0.25) is 0 Å². The molecule has 0 saturated carbocycles. The zero-order valence-corrected chi connectivity index (χ0v) is 15.8. The summed E-state index contributed by atoms with van der Waals surface area (Å²) >= 11 is 3.30. The fourth-order valence-electron chi connectivity index (χ4n) is 1.91. The number of rotatable bonds is 7. The first kappa shape index (κ1) is 20.2. The molecule has 0 heterocycles. The van der Waals surface area contributed by atoms with Gasteiger partial charge in [-0.05, 0) is 44.0 Å². The Bertz CT molecular complexity index is 585. The molecule has 7 heteroatoms. The van der Waals surface area contributed by atoms with Crippen LogP contribution in [0.15, 0.2) is 28.7 Å². The average Bonchev–Trinajstić information content (AvgIpc) is 2.49. The van der Waals surface area contributed by atoms with Gasteiger partial charge in [-0.3, -0.25) is 9.59 Å². The number of benzene rings is 1. The highest BCUT2D eigenvalue weighted by Gasteiger charge is 2.26. The Morgan fingerprint density at radius 1 is 1.04 bits per heavy atom. The number of ether oxygens (including phenoxy) is 1. The molecule has 0 aliphatic carbocycles. The Kier molecular flexibility index (Phi) is 7.91. The fraction of sp³-hybridized carbons (Fsp3) is 0.471. The van der Waals surface area contributed by atoms with E-state index < -0.39 is 12.0 Å². The van der Waals surface area contributed by atoms with Gasteiger partial charge in [-0.1, -0.05) is 29.8 Å². The van der Waals surface area contributed by atoms with Gasteiger partial charge < -0.3 is 15.4 Å². The lowest BCUT2D eigenvalue weighted by Crippen LogP contribution is -2.46. The second kappa shape index (κ2) is 9.42. The molecule has 0 radical (unpaired) electrons. The summed E-state index contributed by atoms with van der Waals surface area (Å²) in [4.78, 5) is 36.0. The quantitative estimate of drug-likeness (QED) is 0.689. The van der Waals surface area contributed by atoms with E-state index in [2.05, 4.69) is 26.6 Å². The second-order valence-corrected chi connectivity index (χ2v) is 6.95. The monoisotopic (exact) mass is 398 g/mol. The van der Waals surface area contributed by atoms with Crippen LogP contribution in [0.25, 0.3) is 0 Å². The number of amides is 2. The van der Waals surface area contributed by atoms with Gasteiger partial charge in [0.1, 0.15) is 6.04 Å². The van der Waals surface area contributed by atoms with Crippen molar-refractivity contribution in [3.8, 4) is 0 Å². The highest BCUT2D eigenvalue weighted by molar-refractivity contribution is 9.10. The molecule has 1 atom stereocenters. The highest BCUT2D eigenvalue weighted by Crippen LogP contribution is 2.12. The first-order valence-electron chi connectivity index (χ1n) is 7.73. The molecule has 0 aliphatic rings. The van der Waals surface area contributed by atoms with Gasteiger partial charge in [-0.25, -0.2) is 4.79 Å². The van der Waals surface area contributed by atoms with Crippen LogP contribution in [-0.4, -0.2) is 36.5 Å². The van der Waals surface area contributed by atoms with Crippen molar-refractivity contribution in [2.45, 2.75) is 39.8 Å². The zero-order valence-electron chi connectivity index (χ0n) is 14.3. The summed E-state index contributed by atoms with van der Waals surface area (Å²) in [6.45, 7) is 6.85. The summed E-state index contributed by atoms with van der Waals surface area (Å²) < 4.78 is 5.87. The summed E-state index contributed by atoms with van der Waals surface area (Å²) in [5, 5.41) is 5.29. The molecule has 0 bridgehead atoms. The van der Waals surface area contributed by atoms with Gasteiger partial charge in [-0.2, -0.15) is 0 Å². The van der Waals surface area contributed by atoms with Crippen LogP contribution in [0.4, 0.5) is 0 Å². The molecular formula is C17H23BrN2O4. The minimum Gasteiger partial charge on any atom is -0.454 e. The standard InChI is InChI=1S/C17H23BrN2O4/c1-10(2)15(17(23)24-9-14(21)19-11(3)4)20-16(22)12-5-7-13(18)8-6-12/h5-8,10-11,15H,9H2,1-4H3,(H,19,21)(H,20,22)/t15-/m0/s1. The minimum atomic E-state index is -0.826. The molecule has 0 unspecified atom stereocenters. The van der Waals surface area contributed by atoms with E-state index in [9.17, 15) is 14.4 Å². The van der Waals surface area contributed by atoms with Crippen LogP contribution in [0.5, 0.6) is 0 Å². The maximum absolute atomic E-state index is 12.2. The number of esters is 1. The average molecular weight is 399 g/mol. The number of nitrogens with one attached hydrogen (secondary N) is 2. The van der Waals surface area contributed by atoms with E-state index in [1.807, 2.05) is 13.8 Å². The molecule has 0 spiro atoms. The SMILES string of the molecule is CC(C)NC(=O)COC(=O)[C@@H](NC(=O)c1ccc(Br)cc1)C(C)C. The molecule has 1 rings (SSSR count). The van der Waals surface area contributed by atoms with Crippen molar-refractivity contribution < 1.29 is 19.1 Å². The van der Waals surface area contributed by atoms with Gasteiger partial charge >= 0.3 is 5.97 Å². The third-order valence-electron chi connectivity index (χ3n) is 3.11. The van der Waals surface area contributed by atoms with Crippen LogP contribution in [0.1, 0.15) is 38.1 Å². The molecule has 0 aliphatic heterocycles. The van der Waals surface area contributed by atoms with E-state index in [1.54, 1.807) is 38.1 Å². The largest absolute Gasteiger partial charge is 0.454 e. The van der Waals surface area contributed by atoms with Crippen molar-refractivity contribution in [1.29, 1.82) is 0 Å². The second-order valence-electron chi connectivity index (χ2n) is 6.03. The first-order chi connectivity index (χ1) is 11.2. The predicted molar refractivity (Wildman–Crippen MR) is 94.5 cm³/mol. The van der Waals surface area contributed by atoms with E-state index in [0.717, 1.165) is 4.47 Å². The topological polar surface area (TPSA) is 84.5 Å². The van der Waals surface area contributed by atoms with Gasteiger partial charge in [0, 0.05) is 16.1 Å². The number of hydrogen-bond donors (Lipinski definition) is 2. The Balaban J connectivity index is 2.65. The molecule has 6 nitrogen and oxygen atoms in total. The van der Waals surface area contributed by atoms with Crippen molar-refractivity contribution in [1.82, 2.24) is 10.6 Å². The van der Waals surface area contributed by atoms with E-state index in [1.165, 1.54) is 0 Å². The molecule has 2 N–H and O–H groups in total. The van der Waals surface area contributed by atoms with E-state index in [0.29, 0.717) is 5.56 Å². The lowest BCUT2D eigenvalue weighted by molar-refractivity contribution is -0.151. The van der Waals surface area contributed by atoms with Gasteiger partial charge in [-0.15, -0.1) is 0 Å². The van der Waals surface area contributed by atoms with Crippen molar-refractivity contribution in [2.75, 3.05) is 6.61 Å². The number of carbonyl (C=O) groups is 3. The number of carbonyl (C=O) groups excluding carboxylic acids is 3. The molecule has 0 fully saturated rings. The van der Waals surface area contributed by atoms with Crippen molar-refractivity contribution in [3.05, 3.63) is 34.3 Å². The van der Waals surface area contributed by atoms with Crippen LogP contribution < -0.4 is 10.6 Å². The smallest absolute Gasteiger partial charge is 0.329 e. The van der Waals surface area contributed by atoms with Crippen LogP contribution in [-0.2, 0) is 14.3 Å². The number of halogens is 1. The highest BCUT2D eigenvalue weighted by atomic mass is 79.9. The van der Waals surface area contributed by atoms with E-state index in [4.69, 9.17) is 4.74 Å². The lowest BCUT2D eigenvalue weighted by atomic mass is 10.0. The Labute approximate surface area is 150 Å². The normalized spacial score (nSPS) is 12.0. The Morgan fingerprint density at radius 3 is 2.12 bits per heavy atom. The molecule has 1 aromatic carbocycles.